The normalized spacial score (nSPS) is 46.1. The molecule has 0 bridgehead atoms. The number of hydrogen-bond acceptors (Lipinski definition) is 1. The number of rotatable bonds is 1. The lowest BCUT2D eigenvalue weighted by Crippen LogP contribution is -2.44. The third-order valence-corrected chi connectivity index (χ3v) is 2.11. The summed E-state index contributed by atoms with van der Waals surface area (Å²) in [5.41, 5.74) is 0. The van der Waals surface area contributed by atoms with E-state index in [4.69, 9.17) is 4.74 Å². The summed E-state index contributed by atoms with van der Waals surface area (Å²) in [6, 6.07) is 0. The standard InChI is InChI=1S/C7H14O/c1-4-7-5(2)8-6(7)3/h5-7H,4H2,1-3H3. The molecule has 1 aliphatic heterocycles. The molecule has 0 spiro atoms. The second kappa shape index (κ2) is 2.06. The fraction of sp³-hybridized carbons (Fsp3) is 1.00. The Bertz CT molecular complexity index is 72.5. The van der Waals surface area contributed by atoms with Gasteiger partial charge in [0, 0.05) is 5.92 Å². The Labute approximate surface area is 51.0 Å². The van der Waals surface area contributed by atoms with Crippen molar-refractivity contribution in [3.63, 3.8) is 0 Å². The monoisotopic (exact) mass is 114 g/mol. The smallest absolute Gasteiger partial charge is 0.0603 e. The summed E-state index contributed by atoms with van der Waals surface area (Å²) in [5.74, 6) is 0.829. The molecule has 2 unspecified atom stereocenters. The van der Waals surface area contributed by atoms with Gasteiger partial charge in [0.15, 0.2) is 0 Å². The van der Waals surface area contributed by atoms with Crippen LogP contribution in [0.4, 0.5) is 0 Å². The predicted molar refractivity (Wildman–Crippen MR) is 33.8 cm³/mol. The molecule has 0 amide bonds. The lowest BCUT2D eigenvalue weighted by atomic mass is 9.89. The summed E-state index contributed by atoms with van der Waals surface area (Å²) in [6.07, 6.45) is 2.31. The van der Waals surface area contributed by atoms with Crippen LogP contribution < -0.4 is 0 Å². The Kier molecular flexibility index (Phi) is 1.57. The highest BCUT2D eigenvalue weighted by molar-refractivity contribution is 4.80. The van der Waals surface area contributed by atoms with Crippen LogP contribution in [-0.4, -0.2) is 12.2 Å². The maximum absolute atomic E-state index is 5.34. The van der Waals surface area contributed by atoms with Crippen molar-refractivity contribution in [3.05, 3.63) is 0 Å². The Morgan fingerprint density at radius 3 is 1.88 bits per heavy atom. The van der Waals surface area contributed by atoms with Crippen LogP contribution in [0.1, 0.15) is 27.2 Å². The fourth-order valence-electron chi connectivity index (χ4n) is 1.50. The summed E-state index contributed by atoms with van der Waals surface area (Å²) in [6.45, 7) is 6.52. The van der Waals surface area contributed by atoms with E-state index in [0.29, 0.717) is 12.2 Å². The van der Waals surface area contributed by atoms with Crippen molar-refractivity contribution in [1.82, 2.24) is 0 Å². The highest BCUT2D eigenvalue weighted by Crippen LogP contribution is 2.29. The first-order chi connectivity index (χ1) is 3.75. The average Bonchev–Trinajstić information content (AvgIpc) is 1.67. The van der Waals surface area contributed by atoms with Gasteiger partial charge in [0.05, 0.1) is 12.2 Å². The van der Waals surface area contributed by atoms with E-state index < -0.39 is 0 Å². The fourth-order valence-corrected chi connectivity index (χ4v) is 1.50. The molecule has 0 aromatic carbocycles. The van der Waals surface area contributed by atoms with Crippen molar-refractivity contribution in [1.29, 1.82) is 0 Å². The lowest BCUT2D eigenvalue weighted by molar-refractivity contribution is -0.165. The van der Waals surface area contributed by atoms with Gasteiger partial charge >= 0.3 is 0 Å². The molecule has 1 fully saturated rings. The van der Waals surface area contributed by atoms with Gasteiger partial charge in [-0.2, -0.15) is 0 Å². The van der Waals surface area contributed by atoms with Gasteiger partial charge in [0.2, 0.25) is 0 Å². The average molecular weight is 114 g/mol. The summed E-state index contributed by atoms with van der Waals surface area (Å²) in [7, 11) is 0. The Balaban J connectivity index is 2.29. The van der Waals surface area contributed by atoms with Crippen LogP contribution in [0, 0.1) is 5.92 Å². The van der Waals surface area contributed by atoms with Gasteiger partial charge in [-0.3, -0.25) is 0 Å². The number of ether oxygens (including phenoxy) is 1. The van der Waals surface area contributed by atoms with E-state index in [1.807, 2.05) is 0 Å². The zero-order valence-electron chi connectivity index (χ0n) is 5.85. The first kappa shape index (κ1) is 6.09. The van der Waals surface area contributed by atoms with E-state index in [2.05, 4.69) is 20.8 Å². The molecule has 2 atom stereocenters. The Morgan fingerprint density at radius 1 is 1.25 bits per heavy atom. The molecule has 0 radical (unpaired) electrons. The SMILES string of the molecule is CCC1C(C)OC1C. The van der Waals surface area contributed by atoms with Crippen LogP contribution in [0.15, 0.2) is 0 Å². The minimum Gasteiger partial charge on any atom is -0.375 e. The second-order valence-corrected chi connectivity index (χ2v) is 2.62. The molecular weight excluding hydrogens is 100 g/mol. The number of hydrogen-bond donors (Lipinski definition) is 0. The molecule has 1 saturated heterocycles. The van der Waals surface area contributed by atoms with E-state index in [-0.39, 0.29) is 0 Å². The highest BCUT2D eigenvalue weighted by atomic mass is 16.5. The van der Waals surface area contributed by atoms with Crippen LogP contribution in [0.2, 0.25) is 0 Å². The summed E-state index contributed by atoms with van der Waals surface area (Å²) >= 11 is 0. The van der Waals surface area contributed by atoms with Crippen molar-refractivity contribution < 1.29 is 4.74 Å². The molecule has 1 nitrogen and oxygen atoms in total. The van der Waals surface area contributed by atoms with E-state index in [9.17, 15) is 0 Å². The topological polar surface area (TPSA) is 9.23 Å². The highest BCUT2D eigenvalue weighted by Gasteiger charge is 2.33. The molecule has 48 valence electrons. The van der Waals surface area contributed by atoms with Gasteiger partial charge in [-0.05, 0) is 20.3 Å². The molecule has 0 aromatic rings. The van der Waals surface area contributed by atoms with E-state index >= 15 is 0 Å². The second-order valence-electron chi connectivity index (χ2n) is 2.62. The minimum absolute atomic E-state index is 0.523. The van der Waals surface area contributed by atoms with Gasteiger partial charge in [0.1, 0.15) is 0 Å². The van der Waals surface area contributed by atoms with Crippen LogP contribution in [0.5, 0.6) is 0 Å². The molecule has 1 rings (SSSR count). The summed E-state index contributed by atoms with van der Waals surface area (Å²) in [5, 5.41) is 0. The first-order valence-corrected chi connectivity index (χ1v) is 3.41. The molecule has 0 saturated carbocycles. The minimum atomic E-state index is 0.523. The largest absolute Gasteiger partial charge is 0.375 e. The quantitative estimate of drug-likeness (QED) is 0.505. The molecule has 0 N–H and O–H groups in total. The first-order valence-electron chi connectivity index (χ1n) is 3.41. The van der Waals surface area contributed by atoms with Crippen LogP contribution in [0.3, 0.4) is 0 Å². The Hall–Kier alpha value is -0.0400. The van der Waals surface area contributed by atoms with Crippen LogP contribution >= 0.6 is 0 Å². The van der Waals surface area contributed by atoms with Crippen molar-refractivity contribution in [2.75, 3.05) is 0 Å². The lowest BCUT2D eigenvalue weighted by Gasteiger charge is -2.40. The summed E-state index contributed by atoms with van der Waals surface area (Å²) in [4.78, 5) is 0. The molecule has 8 heavy (non-hydrogen) atoms. The van der Waals surface area contributed by atoms with Crippen LogP contribution in [-0.2, 0) is 4.74 Å². The molecule has 1 heterocycles. The molecule has 1 heteroatoms. The van der Waals surface area contributed by atoms with Crippen molar-refractivity contribution in [2.24, 2.45) is 5.92 Å². The third kappa shape index (κ3) is 0.752. The molecule has 0 aromatic heterocycles. The Morgan fingerprint density at radius 2 is 1.75 bits per heavy atom. The van der Waals surface area contributed by atoms with E-state index in [1.54, 1.807) is 0 Å². The molecule has 0 aliphatic carbocycles. The van der Waals surface area contributed by atoms with E-state index in [0.717, 1.165) is 5.92 Å². The maximum atomic E-state index is 5.34. The van der Waals surface area contributed by atoms with Gasteiger partial charge in [-0.25, -0.2) is 0 Å². The van der Waals surface area contributed by atoms with Crippen LogP contribution in [0.25, 0.3) is 0 Å². The van der Waals surface area contributed by atoms with Gasteiger partial charge in [-0.1, -0.05) is 6.92 Å². The van der Waals surface area contributed by atoms with Gasteiger partial charge < -0.3 is 4.74 Å². The molecular formula is C7H14O. The van der Waals surface area contributed by atoms with Crippen molar-refractivity contribution in [2.45, 2.75) is 39.4 Å². The zero-order valence-corrected chi connectivity index (χ0v) is 5.85. The molecule has 1 aliphatic rings. The van der Waals surface area contributed by atoms with Crippen molar-refractivity contribution in [3.8, 4) is 0 Å². The van der Waals surface area contributed by atoms with Crippen molar-refractivity contribution >= 4 is 0 Å². The van der Waals surface area contributed by atoms with Gasteiger partial charge in [-0.15, -0.1) is 0 Å². The summed E-state index contributed by atoms with van der Waals surface area (Å²) < 4.78 is 5.34. The van der Waals surface area contributed by atoms with E-state index in [1.165, 1.54) is 6.42 Å². The predicted octanol–water partition coefficient (Wildman–Crippen LogP) is 1.82. The third-order valence-electron chi connectivity index (χ3n) is 2.11. The zero-order chi connectivity index (χ0) is 6.15. The van der Waals surface area contributed by atoms with Gasteiger partial charge in [0.25, 0.3) is 0 Å². The maximum Gasteiger partial charge on any atom is 0.0603 e.